The SMILES string of the molecule is O=S1(=O)CCCC1C(O)C1CCC1. The summed E-state index contributed by atoms with van der Waals surface area (Å²) in [6.45, 7) is 0. The van der Waals surface area contributed by atoms with E-state index in [1.807, 2.05) is 0 Å². The molecule has 2 fully saturated rings. The molecule has 1 aliphatic heterocycles. The van der Waals surface area contributed by atoms with Gasteiger partial charge in [0, 0.05) is 0 Å². The third kappa shape index (κ3) is 1.62. The van der Waals surface area contributed by atoms with Crippen LogP contribution in [-0.2, 0) is 9.84 Å². The summed E-state index contributed by atoms with van der Waals surface area (Å²) in [6.07, 6.45) is 3.98. The monoisotopic (exact) mass is 204 g/mol. The van der Waals surface area contributed by atoms with Gasteiger partial charge in [-0.25, -0.2) is 8.42 Å². The number of aliphatic hydroxyl groups is 1. The van der Waals surface area contributed by atoms with Gasteiger partial charge >= 0.3 is 0 Å². The molecule has 3 nitrogen and oxygen atoms in total. The van der Waals surface area contributed by atoms with E-state index in [1.165, 1.54) is 0 Å². The van der Waals surface area contributed by atoms with E-state index >= 15 is 0 Å². The van der Waals surface area contributed by atoms with Crippen LogP contribution in [0.15, 0.2) is 0 Å². The maximum absolute atomic E-state index is 11.5. The summed E-state index contributed by atoms with van der Waals surface area (Å²) < 4.78 is 23.0. The van der Waals surface area contributed by atoms with Crippen LogP contribution in [0.4, 0.5) is 0 Å². The average molecular weight is 204 g/mol. The van der Waals surface area contributed by atoms with Crippen LogP contribution in [0.25, 0.3) is 0 Å². The van der Waals surface area contributed by atoms with Gasteiger partial charge in [-0.1, -0.05) is 6.42 Å². The Hall–Kier alpha value is -0.0900. The van der Waals surface area contributed by atoms with Gasteiger partial charge < -0.3 is 5.11 Å². The molecule has 2 aliphatic rings. The summed E-state index contributed by atoms with van der Waals surface area (Å²) >= 11 is 0. The lowest BCUT2D eigenvalue weighted by Crippen LogP contribution is -2.39. The Morgan fingerprint density at radius 2 is 1.85 bits per heavy atom. The van der Waals surface area contributed by atoms with Gasteiger partial charge in [0.25, 0.3) is 0 Å². The molecule has 2 atom stereocenters. The zero-order valence-corrected chi connectivity index (χ0v) is 8.46. The van der Waals surface area contributed by atoms with Gasteiger partial charge in [0.1, 0.15) is 0 Å². The molecule has 0 aromatic carbocycles. The second kappa shape index (κ2) is 3.24. The molecule has 1 N–H and O–H groups in total. The van der Waals surface area contributed by atoms with E-state index in [4.69, 9.17) is 0 Å². The molecule has 2 rings (SSSR count). The first-order valence-corrected chi connectivity index (χ1v) is 6.72. The van der Waals surface area contributed by atoms with Gasteiger partial charge in [-0.05, 0) is 31.6 Å². The molecular weight excluding hydrogens is 188 g/mol. The van der Waals surface area contributed by atoms with Crippen molar-refractivity contribution in [2.45, 2.75) is 43.5 Å². The standard InChI is InChI=1S/C9H16O3S/c10-9(7-3-1-4-7)8-5-2-6-13(8,11)12/h7-10H,1-6H2. The molecule has 0 aromatic heterocycles. The molecule has 2 unspecified atom stereocenters. The Kier molecular flexibility index (Phi) is 2.36. The predicted molar refractivity (Wildman–Crippen MR) is 50.2 cm³/mol. The van der Waals surface area contributed by atoms with E-state index in [0.717, 1.165) is 25.7 Å². The maximum atomic E-state index is 11.5. The first kappa shape index (κ1) is 9.46. The van der Waals surface area contributed by atoms with Gasteiger partial charge in [0.05, 0.1) is 17.1 Å². The van der Waals surface area contributed by atoms with Crippen LogP contribution in [0.3, 0.4) is 0 Å². The van der Waals surface area contributed by atoms with Crippen LogP contribution in [0, 0.1) is 5.92 Å². The molecule has 0 bridgehead atoms. The Balaban J connectivity index is 2.07. The maximum Gasteiger partial charge on any atom is 0.155 e. The van der Waals surface area contributed by atoms with Crippen LogP contribution in [0.5, 0.6) is 0 Å². The molecule has 0 amide bonds. The Morgan fingerprint density at radius 3 is 2.23 bits per heavy atom. The normalized spacial score (nSPS) is 35.6. The third-order valence-electron chi connectivity index (χ3n) is 3.39. The lowest BCUT2D eigenvalue weighted by atomic mass is 9.79. The van der Waals surface area contributed by atoms with E-state index in [-0.39, 0.29) is 11.7 Å². The summed E-state index contributed by atoms with van der Waals surface area (Å²) in [5.41, 5.74) is 0. The van der Waals surface area contributed by atoms with E-state index in [2.05, 4.69) is 0 Å². The molecular formula is C9H16O3S. The van der Waals surface area contributed by atoms with Crippen molar-refractivity contribution in [1.29, 1.82) is 0 Å². The van der Waals surface area contributed by atoms with Crippen molar-refractivity contribution < 1.29 is 13.5 Å². The highest BCUT2D eigenvalue weighted by atomic mass is 32.2. The summed E-state index contributed by atoms with van der Waals surface area (Å²) in [6, 6.07) is 0. The highest BCUT2D eigenvalue weighted by Crippen LogP contribution is 2.35. The topological polar surface area (TPSA) is 54.4 Å². The Morgan fingerprint density at radius 1 is 1.15 bits per heavy atom. The summed E-state index contributed by atoms with van der Waals surface area (Å²) in [5.74, 6) is 0.541. The zero-order chi connectivity index (χ0) is 9.47. The van der Waals surface area contributed by atoms with Crippen LogP contribution in [0.1, 0.15) is 32.1 Å². The van der Waals surface area contributed by atoms with Crippen molar-refractivity contribution in [3.05, 3.63) is 0 Å². The minimum atomic E-state index is -2.96. The molecule has 1 heterocycles. The molecule has 0 aromatic rings. The number of sulfone groups is 1. The van der Waals surface area contributed by atoms with Crippen LogP contribution >= 0.6 is 0 Å². The average Bonchev–Trinajstić information content (AvgIpc) is 2.25. The van der Waals surface area contributed by atoms with E-state index in [9.17, 15) is 13.5 Å². The molecule has 0 spiro atoms. The number of hydrogen-bond donors (Lipinski definition) is 1. The van der Waals surface area contributed by atoms with Crippen molar-refractivity contribution >= 4 is 9.84 Å². The highest BCUT2D eigenvalue weighted by molar-refractivity contribution is 7.92. The van der Waals surface area contributed by atoms with Crippen molar-refractivity contribution in [3.8, 4) is 0 Å². The number of aliphatic hydroxyl groups excluding tert-OH is 1. The Labute approximate surface area is 79.1 Å². The van der Waals surface area contributed by atoms with E-state index in [1.54, 1.807) is 0 Å². The smallest absolute Gasteiger partial charge is 0.155 e. The molecule has 1 saturated carbocycles. The minimum absolute atomic E-state index is 0.262. The van der Waals surface area contributed by atoms with Crippen molar-refractivity contribution in [2.24, 2.45) is 5.92 Å². The lowest BCUT2D eigenvalue weighted by Gasteiger charge is -2.33. The lowest BCUT2D eigenvalue weighted by molar-refractivity contribution is 0.0585. The van der Waals surface area contributed by atoms with E-state index in [0.29, 0.717) is 6.42 Å². The second-order valence-electron chi connectivity index (χ2n) is 4.23. The van der Waals surface area contributed by atoms with Crippen molar-refractivity contribution in [1.82, 2.24) is 0 Å². The Bertz CT molecular complexity index is 279. The summed E-state index contributed by atoms with van der Waals surface area (Å²) in [5, 5.41) is 9.38. The fourth-order valence-electron chi connectivity index (χ4n) is 2.28. The van der Waals surface area contributed by atoms with Gasteiger partial charge in [-0.15, -0.1) is 0 Å². The first-order valence-electron chi connectivity index (χ1n) is 5.01. The van der Waals surface area contributed by atoms with Crippen LogP contribution in [-0.4, -0.2) is 30.6 Å². The highest BCUT2D eigenvalue weighted by Gasteiger charge is 2.41. The third-order valence-corrected chi connectivity index (χ3v) is 5.69. The zero-order valence-electron chi connectivity index (χ0n) is 7.65. The molecule has 13 heavy (non-hydrogen) atoms. The number of rotatable bonds is 2. The summed E-state index contributed by atoms with van der Waals surface area (Å²) in [7, 11) is -2.96. The van der Waals surface area contributed by atoms with Crippen LogP contribution in [0.2, 0.25) is 0 Å². The minimum Gasteiger partial charge on any atom is -0.391 e. The van der Waals surface area contributed by atoms with Gasteiger partial charge in [0.2, 0.25) is 0 Å². The van der Waals surface area contributed by atoms with Gasteiger partial charge in [-0.2, -0.15) is 0 Å². The molecule has 1 aliphatic carbocycles. The fourth-order valence-corrected chi connectivity index (χ4v) is 4.33. The first-order chi connectivity index (χ1) is 6.11. The fraction of sp³-hybridized carbons (Fsp3) is 1.00. The van der Waals surface area contributed by atoms with E-state index < -0.39 is 21.2 Å². The van der Waals surface area contributed by atoms with Crippen molar-refractivity contribution in [2.75, 3.05) is 5.75 Å². The van der Waals surface area contributed by atoms with Crippen molar-refractivity contribution in [3.63, 3.8) is 0 Å². The number of hydrogen-bond acceptors (Lipinski definition) is 3. The van der Waals surface area contributed by atoms with Gasteiger partial charge in [-0.3, -0.25) is 0 Å². The molecule has 4 heteroatoms. The predicted octanol–water partition coefficient (Wildman–Crippen LogP) is 0.725. The van der Waals surface area contributed by atoms with Crippen LogP contribution < -0.4 is 0 Å². The summed E-state index contributed by atoms with van der Waals surface area (Å²) in [4.78, 5) is 0. The molecule has 76 valence electrons. The van der Waals surface area contributed by atoms with Gasteiger partial charge in [0.15, 0.2) is 9.84 Å². The molecule has 0 radical (unpaired) electrons. The molecule has 1 saturated heterocycles. The quantitative estimate of drug-likeness (QED) is 0.721. The second-order valence-corrected chi connectivity index (χ2v) is 6.57. The largest absolute Gasteiger partial charge is 0.391 e.